The first kappa shape index (κ1) is 17.5. The van der Waals surface area contributed by atoms with Crippen molar-refractivity contribution < 1.29 is 27.9 Å². The van der Waals surface area contributed by atoms with Gasteiger partial charge in [-0.25, -0.2) is 15.0 Å². The third-order valence-electron chi connectivity index (χ3n) is 4.55. The van der Waals surface area contributed by atoms with Crippen LogP contribution >= 0.6 is 0 Å². The normalized spacial score (nSPS) is 26.7. The van der Waals surface area contributed by atoms with E-state index in [1.807, 2.05) is 6.92 Å². The number of aromatic nitrogens is 1. The van der Waals surface area contributed by atoms with Gasteiger partial charge in [-0.2, -0.15) is 13.2 Å². The summed E-state index contributed by atoms with van der Waals surface area (Å²) in [4.78, 5) is 28.6. The number of alkyl halides is 3. The number of fused-ring (bicyclic) bond motifs is 1. The predicted octanol–water partition coefficient (Wildman–Crippen LogP) is 2.05. The van der Waals surface area contributed by atoms with Crippen molar-refractivity contribution in [3.05, 3.63) is 29.6 Å². The van der Waals surface area contributed by atoms with E-state index < -0.39 is 36.1 Å². The van der Waals surface area contributed by atoms with E-state index in [2.05, 4.69) is 10.4 Å². The Hall–Kier alpha value is -2.36. The predicted molar refractivity (Wildman–Crippen MR) is 78.8 cm³/mol. The molecule has 1 aromatic rings. The van der Waals surface area contributed by atoms with Gasteiger partial charge in [0.2, 0.25) is 0 Å². The standard InChI is InChI=1S/C15H17F3N4O3/c1-8-2-4-10(13(23)24)22-12(8)20-21(14(22)25)7-9-3-5-11(19-6-9)15(16,17)18/h3,5-6,8,10,12,20H,2,4,7H2,1H3,(H,23,24). The maximum Gasteiger partial charge on any atom is 0.433 e. The Kier molecular flexibility index (Phi) is 4.31. The number of rotatable bonds is 3. The highest BCUT2D eigenvalue weighted by Crippen LogP contribution is 2.32. The van der Waals surface area contributed by atoms with Gasteiger partial charge in [-0.1, -0.05) is 13.0 Å². The van der Waals surface area contributed by atoms with Gasteiger partial charge in [0.15, 0.2) is 0 Å². The molecular formula is C15H17F3N4O3. The number of urea groups is 1. The summed E-state index contributed by atoms with van der Waals surface area (Å²) in [5.41, 5.74) is 2.37. The molecule has 1 aromatic heterocycles. The highest BCUT2D eigenvalue weighted by molar-refractivity contribution is 5.84. The molecule has 10 heteroatoms. The summed E-state index contributed by atoms with van der Waals surface area (Å²) in [5.74, 6) is -1.000. The quantitative estimate of drug-likeness (QED) is 0.864. The lowest BCUT2D eigenvalue weighted by Crippen LogP contribution is -2.54. The Morgan fingerprint density at radius 3 is 2.68 bits per heavy atom. The Morgan fingerprint density at radius 2 is 2.12 bits per heavy atom. The minimum Gasteiger partial charge on any atom is -0.480 e. The fourth-order valence-corrected chi connectivity index (χ4v) is 3.21. The fraction of sp³-hybridized carbons (Fsp3) is 0.533. The molecule has 25 heavy (non-hydrogen) atoms. The van der Waals surface area contributed by atoms with E-state index >= 15 is 0 Å². The molecule has 0 saturated carbocycles. The van der Waals surface area contributed by atoms with Crippen molar-refractivity contribution in [3.63, 3.8) is 0 Å². The Morgan fingerprint density at radius 1 is 1.40 bits per heavy atom. The van der Waals surface area contributed by atoms with Gasteiger partial charge in [0, 0.05) is 6.20 Å². The zero-order chi connectivity index (χ0) is 18.4. The molecule has 0 aromatic carbocycles. The van der Waals surface area contributed by atoms with Crippen LogP contribution in [0.25, 0.3) is 0 Å². The largest absolute Gasteiger partial charge is 0.480 e. The molecule has 2 aliphatic rings. The van der Waals surface area contributed by atoms with Crippen molar-refractivity contribution in [1.29, 1.82) is 0 Å². The number of piperidine rings is 1. The van der Waals surface area contributed by atoms with Crippen LogP contribution in [0.15, 0.2) is 18.3 Å². The summed E-state index contributed by atoms with van der Waals surface area (Å²) in [7, 11) is 0. The number of halogens is 3. The molecule has 3 rings (SSSR count). The van der Waals surface area contributed by atoms with Crippen LogP contribution in [0.3, 0.4) is 0 Å². The number of nitrogens with zero attached hydrogens (tertiary/aromatic N) is 3. The van der Waals surface area contributed by atoms with Gasteiger partial charge in [-0.3, -0.25) is 14.9 Å². The number of pyridine rings is 1. The van der Waals surface area contributed by atoms with E-state index in [4.69, 9.17) is 0 Å². The summed E-state index contributed by atoms with van der Waals surface area (Å²) < 4.78 is 37.6. The van der Waals surface area contributed by atoms with Crippen molar-refractivity contribution in [2.45, 2.75) is 44.7 Å². The summed E-state index contributed by atoms with van der Waals surface area (Å²) in [6, 6.07) is 0.701. The van der Waals surface area contributed by atoms with Crippen LogP contribution in [0, 0.1) is 5.92 Å². The number of carbonyl (C=O) groups is 2. The molecule has 7 nitrogen and oxygen atoms in total. The number of hydrogen-bond acceptors (Lipinski definition) is 4. The van der Waals surface area contributed by atoms with Gasteiger partial charge >= 0.3 is 18.2 Å². The lowest BCUT2D eigenvalue weighted by molar-refractivity contribution is -0.144. The number of hydrogen-bond donors (Lipinski definition) is 2. The highest BCUT2D eigenvalue weighted by atomic mass is 19.4. The van der Waals surface area contributed by atoms with Crippen molar-refractivity contribution in [1.82, 2.24) is 20.3 Å². The SMILES string of the molecule is CC1CCC(C(=O)O)N2C(=O)N(Cc3ccc(C(F)(F)F)nc3)NC12. The zero-order valence-electron chi connectivity index (χ0n) is 13.3. The van der Waals surface area contributed by atoms with Gasteiger partial charge in [0.25, 0.3) is 0 Å². The molecule has 2 fully saturated rings. The minimum atomic E-state index is -4.52. The Bertz CT molecular complexity index is 680. The molecule has 2 amide bonds. The summed E-state index contributed by atoms with van der Waals surface area (Å²) >= 11 is 0. The van der Waals surface area contributed by atoms with Gasteiger partial charge in [0.05, 0.1) is 6.54 Å². The van der Waals surface area contributed by atoms with Gasteiger partial charge in [-0.05, 0) is 30.4 Å². The van der Waals surface area contributed by atoms with E-state index in [0.717, 1.165) is 12.3 Å². The number of hydrazine groups is 1. The van der Waals surface area contributed by atoms with E-state index in [-0.39, 0.29) is 12.5 Å². The molecule has 2 saturated heterocycles. The van der Waals surface area contributed by atoms with E-state index in [1.54, 1.807) is 0 Å². The number of amides is 2. The molecule has 136 valence electrons. The summed E-state index contributed by atoms with van der Waals surface area (Å²) in [6.07, 6.45) is -2.87. The summed E-state index contributed by atoms with van der Waals surface area (Å²) in [6.45, 7) is 1.91. The number of carbonyl (C=O) groups excluding carboxylic acids is 1. The van der Waals surface area contributed by atoms with Crippen molar-refractivity contribution in [3.8, 4) is 0 Å². The smallest absolute Gasteiger partial charge is 0.433 e. The minimum absolute atomic E-state index is 0.00394. The molecule has 0 aliphatic carbocycles. The first-order valence-electron chi connectivity index (χ1n) is 7.79. The van der Waals surface area contributed by atoms with Crippen molar-refractivity contribution in [2.75, 3.05) is 0 Å². The molecule has 3 unspecified atom stereocenters. The molecule has 3 atom stereocenters. The third kappa shape index (κ3) is 3.26. The first-order valence-corrected chi connectivity index (χ1v) is 7.79. The van der Waals surface area contributed by atoms with Crippen LogP contribution in [0.2, 0.25) is 0 Å². The molecule has 3 heterocycles. The van der Waals surface area contributed by atoms with Gasteiger partial charge < -0.3 is 5.11 Å². The van der Waals surface area contributed by atoms with Crippen LogP contribution in [0.4, 0.5) is 18.0 Å². The lowest BCUT2D eigenvalue weighted by Gasteiger charge is -2.37. The fourth-order valence-electron chi connectivity index (χ4n) is 3.21. The molecule has 0 bridgehead atoms. The molecule has 0 radical (unpaired) electrons. The second-order valence-electron chi connectivity index (χ2n) is 6.31. The van der Waals surface area contributed by atoms with Crippen LogP contribution < -0.4 is 5.43 Å². The number of carboxylic acid groups (broad SMARTS) is 1. The Labute approximate surface area is 141 Å². The number of carboxylic acids is 1. The molecule has 0 spiro atoms. The van der Waals surface area contributed by atoms with E-state index in [9.17, 15) is 27.9 Å². The van der Waals surface area contributed by atoms with Crippen LogP contribution in [0.5, 0.6) is 0 Å². The molecule has 2 N–H and O–H groups in total. The number of aliphatic carboxylic acids is 1. The van der Waals surface area contributed by atoms with E-state index in [1.165, 1.54) is 16.0 Å². The van der Waals surface area contributed by atoms with Gasteiger partial charge in [-0.15, -0.1) is 0 Å². The van der Waals surface area contributed by atoms with Crippen molar-refractivity contribution >= 4 is 12.0 Å². The molecule has 2 aliphatic heterocycles. The monoisotopic (exact) mass is 358 g/mol. The first-order chi connectivity index (χ1) is 11.7. The topological polar surface area (TPSA) is 85.8 Å². The van der Waals surface area contributed by atoms with Gasteiger partial charge in [0.1, 0.15) is 17.9 Å². The second kappa shape index (κ2) is 6.17. The van der Waals surface area contributed by atoms with E-state index in [0.29, 0.717) is 18.4 Å². The third-order valence-corrected chi connectivity index (χ3v) is 4.55. The average molecular weight is 358 g/mol. The highest BCUT2D eigenvalue weighted by Gasteiger charge is 2.48. The van der Waals surface area contributed by atoms with Crippen LogP contribution in [-0.4, -0.2) is 44.2 Å². The molecular weight excluding hydrogens is 341 g/mol. The zero-order valence-corrected chi connectivity index (χ0v) is 13.3. The van der Waals surface area contributed by atoms with Crippen LogP contribution in [-0.2, 0) is 17.5 Å². The lowest BCUT2D eigenvalue weighted by atomic mass is 9.92. The Balaban J connectivity index is 1.76. The maximum absolute atomic E-state index is 12.6. The summed E-state index contributed by atoms with van der Waals surface area (Å²) in [5, 5.41) is 10.5. The average Bonchev–Trinajstić information content (AvgIpc) is 2.85. The van der Waals surface area contributed by atoms with Crippen LogP contribution in [0.1, 0.15) is 31.0 Å². The second-order valence-corrected chi connectivity index (χ2v) is 6.31. The maximum atomic E-state index is 12.6. The van der Waals surface area contributed by atoms with Crippen molar-refractivity contribution in [2.24, 2.45) is 5.92 Å². The number of nitrogens with one attached hydrogen (secondary N) is 1.